The van der Waals surface area contributed by atoms with Gasteiger partial charge in [-0.3, -0.25) is 9.59 Å². The average molecular weight is 448 g/mol. The number of nitrogens with one attached hydrogen (secondary N) is 2. The first kappa shape index (κ1) is 22.8. The molecule has 0 aliphatic carbocycles. The van der Waals surface area contributed by atoms with Crippen LogP contribution in [0, 0.1) is 5.82 Å². The van der Waals surface area contributed by atoms with Gasteiger partial charge in [0.25, 0.3) is 11.8 Å². The molecule has 0 saturated heterocycles. The first-order valence-electron chi connectivity index (χ1n) is 11.7. The number of hydrogen-bond donors (Lipinski definition) is 2. The van der Waals surface area contributed by atoms with E-state index in [9.17, 15) is 14.0 Å². The molecule has 0 radical (unpaired) electrons. The third-order valence-corrected chi connectivity index (χ3v) is 6.26. The monoisotopic (exact) mass is 447 g/mol. The van der Waals surface area contributed by atoms with Gasteiger partial charge in [0.1, 0.15) is 11.5 Å². The highest BCUT2D eigenvalue weighted by Gasteiger charge is 2.26. The van der Waals surface area contributed by atoms with Crippen molar-refractivity contribution in [3.63, 3.8) is 0 Å². The Bertz CT molecular complexity index is 1110. The Kier molecular flexibility index (Phi) is 7.23. The quantitative estimate of drug-likeness (QED) is 0.520. The SMILES string of the molecule is CC[C@@H](NC(=O)c1cc(C(=O)NCCc2ccc(F)cc2)n2c1CCCC2)c1ccccc1. The molecule has 172 valence electrons. The molecule has 0 unspecified atom stereocenters. The van der Waals surface area contributed by atoms with Crippen molar-refractivity contribution in [2.24, 2.45) is 0 Å². The number of fused-ring (bicyclic) bond motifs is 1. The lowest BCUT2D eigenvalue weighted by atomic mass is 10.0. The van der Waals surface area contributed by atoms with Crippen molar-refractivity contribution < 1.29 is 14.0 Å². The molecule has 2 heterocycles. The summed E-state index contributed by atoms with van der Waals surface area (Å²) in [6, 6.07) is 17.9. The van der Waals surface area contributed by atoms with Crippen molar-refractivity contribution in [3.8, 4) is 0 Å². The highest BCUT2D eigenvalue weighted by molar-refractivity contribution is 6.00. The summed E-state index contributed by atoms with van der Waals surface area (Å²) in [7, 11) is 0. The fourth-order valence-corrected chi connectivity index (χ4v) is 4.47. The lowest BCUT2D eigenvalue weighted by molar-refractivity contribution is 0.0931. The fourth-order valence-electron chi connectivity index (χ4n) is 4.47. The Hall–Kier alpha value is -3.41. The zero-order chi connectivity index (χ0) is 23.2. The smallest absolute Gasteiger partial charge is 0.267 e. The van der Waals surface area contributed by atoms with Gasteiger partial charge >= 0.3 is 0 Å². The van der Waals surface area contributed by atoms with Crippen molar-refractivity contribution in [2.75, 3.05) is 6.54 Å². The van der Waals surface area contributed by atoms with Crippen LogP contribution in [-0.2, 0) is 19.4 Å². The normalized spacial score (nSPS) is 13.8. The van der Waals surface area contributed by atoms with Crippen LogP contribution in [0.25, 0.3) is 0 Å². The van der Waals surface area contributed by atoms with E-state index in [1.165, 1.54) is 12.1 Å². The maximum absolute atomic E-state index is 13.2. The number of carbonyl (C=O) groups is 2. The molecular formula is C27H30FN3O2. The van der Waals surface area contributed by atoms with Gasteiger partial charge in [-0.1, -0.05) is 49.4 Å². The lowest BCUT2D eigenvalue weighted by Gasteiger charge is -2.20. The van der Waals surface area contributed by atoms with E-state index in [0.717, 1.165) is 49.0 Å². The average Bonchev–Trinajstić information content (AvgIpc) is 3.24. The van der Waals surface area contributed by atoms with Crippen molar-refractivity contribution in [3.05, 3.63) is 94.6 Å². The van der Waals surface area contributed by atoms with Gasteiger partial charge in [-0.15, -0.1) is 0 Å². The molecule has 3 aromatic rings. The summed E-state index contributed by atoms with van der Waals surface area (Å²) in [4.78, 5) is 26.2. The number of aromatic nitrogens is 1. The van der Waals surface area contributed by atoms with Crippen LogP contribution in [0.15, 0.2) is 60.7 Å². The first-order chi connectivity index (χ1) is 16.1. The minimum Gasteiger partial charge on any atom is -0.350 e. The molecule has 1 aliphatic heterocycles. The predicted molar refractivity (Wildman–Crippen MR) is 127 cm³/mol. The molecule has 0 spiro atoms. The summed E-state index contributed by atoms with van der Waals surface area (Å²) in [6.45, 7) is 3.23. The second kappa shape index (κ2) is 10.5. The zero-order valence-electron chi connectivity index (χ0n) is 18.9. The van der Waals surface area contributed by atoms with E-state index in [0.29, 0.717) is 24.2 Å². The molecule has 6 heteroatoms. The second-order valence-electron chi connectivity index (χ2n) is 8.48. The van der Waals surface area contributed by atoms with Crippen LogP contribution >= 0.6 is 0 Å². The number of rotatable bonds is 8. The zero-order valence-corrected chi connectivity index (χ0v) is 18.9. The third kappa shape index (κ3) is 5.33. The molecule has 0 fully saturated rings. The van der Waals surface area contributed by atoms with Gasteiger partial charge in [-0.2, -0.15) is 0 Å². The Morgan fingerprint density at radius 2 is 1.79 bits per heavy atom. The van der Waals surface area contributed by atoms with Crippen molar-refractivity contribution in [1.29, 1.82) is 0 Å². The van der Waals surface area contributed by atoms with Gasteiger partial charge in [0, 0.05) is 18.8 Å². The molecule has 2 aromatic carbocycles. The number of carbonyl (C=O) groups excluding carboxylic acids is 2. The second-order valence-corrected chi connectivity index (χ2v) is 8.48. The molecule has 5 nitrogen and oxygen atoms in total. The maximum Gasteiger partial charge on any atom is 0.267 e. The van der Waals surface area contributed by atoms with Gasteiger partial charge in [-0.05, 0) is 61.4 Å². The van der Waals surface area contributed by atoms with E-state index >= 15 is 0 Å². The van der Waals surface area contributed by atoms with Crippen LogP contribution in [0.2, 0.25) is 0 Å². The van der Waals surface area contributed by atoms with Crippen LogP contribution in [0.4, 0.5) is 4.39 Å². The molecule has 33 heavy (non-hydrogen) atoms. The summed E-state index contributed by atoms with van der Waals surface area (Å²) in [5.74, 6) is -0.595. The van der Waals surface area contributed by atoms with Crippen molar-refractivity contribution >= 4 is 11.8 Å². The van der Waals surface area contributed by atoms with Gasteiger partial charge in [0.2, 0.25) is 0 Å². The summed E-state index contributed by atoms with van der Waals surface area (Å²) >= 11 is 0. The number of amides is 2. The maximum atomic E-state index is 13.2. The van der Waals surface area contributed by atoms with Crippen molar-refractivity contribution in [1.82, 2.24) is 15.2 Å². The summed E-state index contributed by atoms with van der Waals surface area (Å²) in [5.41, 5.74) is 4.08. The van der Waals surface area contributed by atoms with E-state index in [1.54, 1.807) is 18.2 Å². The third-order valence-electron chi connectivity index (χ3n) is 6.26. The summed E-state index contributed by atoms with van der Waals surface area (Å²) in [5, 5.41) is 6.11. The molecule has 2 N–H and O–H groups in total. The standard InChI is InChI=1S/C27H30FN3O2/c1-2-23(20-8-4-3-5-9-20)30-26(32)22-18-25(31-17-7-6-10-24(22)31)27(33)29-16-15-19-11-13-21(28)14-12-19/h3-5,8-9,11-14,18,23H,2,6-7,10,15-17H2,1H3,(H,29,33)(H,30,32)/t23-/m1/s1. The van der Waals surface area contributed by atoms with Gasteiger partial charge in [-0.25, -0.2) is 4.39 Å². The highest BCUT2D eigenvalue weighted by atomic mass is 19.1. The summed E-state index contributed by atoms with van der Waals surface area (Å²) < 4.78 is 15.1. The molecule has 4 rings (SSSR count). The molecule has 0 saturated carbocycles. The number of halogens is 1. The highest BCUT2D eigenvalue weighted by Crippen LogP contribution is 2.25. The largest absolute Gasteiger partial charge is 0.350 e. The molecule has 2 amide bonds. The minimum absolute atomic E-state index is 0.0779. The fraction of sp³-hybridized carbons (Fsp3) is 0.333. The molecular weight excluding hydrogens is 417 g/mol. The Balaban J connectivity index is 1.48. The van der Waals surface area contributed by atoms with Gasteiger partial charge in [0.05, 0.1) is 11.6 Å². The Morgan fingerprint density at radius 3 is 2.52 bits per heavy atom. The molecule has 0 bridgehead atoms. The Morgan fingerprint density at radius 1 is 1.03 bits per heavy atom. The minimum atomic E-state index is -0.272. The lowest BCUT2D eigenvalue weighted by Crippen LogP contribution is -2.29. The predicted octanol–water partition coefficient (Wildman–Crippen LogP) is 4.82. The van der Waals surface area contributed by atoms with Gasteiger partial charge < -0.3 is 15.2 Å². The van der Waals surface area contributed by atoms with E-state index in [4.69, 9.17) is 0 Å². The van der Waals surface area contributed by atoms with Gasteiger partial charge in [0.15, 0.2) is 0 Å². The molecule has 1 aromatic heterocycles. The van der Waals surface area contributed by atoms with Crippen LogP contribution < -0.4 is 10.6 Å². The number of benzene rings is 2. The van der Waals surface area contributed by atoms with Crippen LogP contribution in [0.1, 0.15) is 69.9 Å². The van der Waals surface area contributed by atoms with Crippen LogP contribution in [-0.4, -0.2) is 22.9 Å². The van der Waals surface area contributed by atoms with E-state index in [-0.39, 0.29) is 23.7 Å². The van der Waals surface area contributed by atoms with E-state index in [1.807, 2.05) is 41.8 Å². The molecule has 1 aliphatic rings. The van der Waals surface area contributed by atoms with E-state index in [2.05, 4.69) is 10.6 Å². The van der Waals surface area contributed by atoms with E-state index < -0.39 is 0 Å². The molecule has 1 atom stereocenters. The number of hydrogen-bond acceptors (Lipinski definition) is 2. The van der Waals surface area contributed by atoms with Crippen molar-refractivity contribution in [2.45, 2.75) is 51.6 Å². The van der Waals surface area contributed by atoms with Crippen LogP contribution in [0.5, 0.6) is 0 Å². The van der Waals surface area contributed by atoms with Crippen LogP contribution in [0.3, 0.4) is 0 Å². The number of nitrogens with zero attached hydrogens (tertiary/aromatic N) is 1. The Labute approximate surface area is 194 Å². The first-order valence-corrected chi connectivity index (χ1v) is 11.7. The topological polar surface area (TPSA) is 63.1 Å². The summed E-state index contributed by atoms with van der Waals surface area (Å²) in [6.07, 6.45) is 4.17.